The summed E-state index contributed by atoms with van der Waals surface area (Å²) in [6.45, 7) is 2.39. The van der Waals surface area contributed by atoms with Gasteiger partial charge in [0, 0.05) is 18.1 Å². The molecule has 0 spiro atoms. The van der Waals surface area contributed by atoms with Crippen LogP contribution >= 0.6 is 0 Å². The van der Waals surface area contributed by atoms with Crippen LogP contribution in [0.25, 0.3) is 16.6 Å². The number of hydrogen-bond donors (Lipinski definition) is 1. The molecule has 90 valence electrons. The number of aromatic nitrogens is 3. The molecule has 0 unspecified atom stereocenters. The summed E-state index contributed by atoms with van der Waals surface area (Å²) in [6, 6.07) is 12.1. The lowest BCUT2D eigenvalue weighted by Crippen LogP contribution is -2.06. The Morgan fingerprint density at radius 1 is 1.22 bits per heavy atom. The predicted octanol–water partition coefficient (Wildman–Crippen LogP) is 2.19. The third kappa shape index (κ3) is 1.76. The Balaban J connectivity index is 2.32. The first-order valence-corrected chi connectivity index (χ1v) is 5.89. The fourth-order valence-corrected chi connectivity index (χ4v) is 2.05. The predicted molar refractivity (Wildman–Crippen MR) is 71.5 cm³/mol. The molecule has 4 heteroatoms. The maximum Gasteiger partial charge on any atom is 0.161 e. The Morgan fingerprint density at radius 2 is 2.06 bits per heavy atom. The smallest absolute Gasteiger partial charge is 0.161 e. The molecule has 0 amide bonds. The minimum atomic E-state index is 0.429. The Labute approximate surface area is 105 Å². The van der Waals surface area contributed by atoms with E-state index in [9.17, 15) is 0 Å². The van der Waals surface area contributed by atoms with Gasteiger partial charge in [0.15, 0.2) is 5.82 Å². The van der Waals surface area contributed by atoms with Crippen LogP contribution < -0.4 is 5.73 Å². The van der Waals surface area contributed by atoms with Crippen LogP contribution in [0.15, 0.2) is 42.6 Å². The summed E-state index contributed by atoms with van der Waals surface area (Å²) >= 11 is 0. The topological polar surface area (TPSA) is 56.7 Å². The largest absolute Gasteiger partial charge is 0.325 e. The maximum absolute atomic E-state index is 5.70. The number of nitrogens with zero attached hydrogens (tertiary/aromatic N) is 3. The van der Waals surface area contributed by atoms with Gasteiger partial charge < -0.3 is 5.73 Å². The molecular weight excluding hydrogens is 224 g/mol. The van der Waals surface area contributed by atoms with Gasteiger partial charge >= 0.3 is 0 Å². The Hall–Kier alpha value is -2.20. The molecule has 2 N–H and O–H groups in total. The van der Waals surface area contributed by atoms with Crippen molar-refractivity contribution in [1.82, 2.24) is 14.8 Å². The molecule has 0 aliphatic carbocycles. The van der Waals surface area contributed by atoms with E-state index in [1.54, 1.807) is 4.68 Å². The van der Waals surface area contributed by atoms with Crippen molar-refractivity contribution in [2.45, 2.75) is 13.5 Å². The highest BCUT2D eigenvalue weighted by Crippen LogP contribution is 2.21. The minimum absolute atomic E-state index is 0.429. The van der Waals surface area contributed by atoms with E-state index in [1.807, 2.05) is 37.4 Å². The second-order valence-corrected chi connectivity index (χ2v) is 4.26. The van der Waals surface area contributed by atoms with Crippen LogP contribution in [0.3, 0.4) is 0 Å². The van der Waals surface area contributed by atoms with Crippen LogP contribution in [0, 0.1) is 6.92 Å². The van der Waals surface area contributed by atoms with Crippen molar-refractivity contribution in [3.8, 4) is 5.82 Å². The molecule has 0 atom stereocenters. The van der Waals surface area contributed by atoms with E-state index in [0.29, 0.717) is 6.54 Å². The zero-order valence-corrected chi connectivity index (χ0v) is 10.2. The Morgan fingerprint density at radius 3 is 2.78 bits per heavy atom. The van der Waals surface area contributed by atoms with Crippen molar-refractivity contribution in [1.29, 1.82) is 0 Å². The molecule has 0 radical (unpaired) electrons. The SMILES string of the molecule is Cc1ccn(-c2nc(CN)cc3ccccc23)n1. The molecule has 0 aliphatic rings. The summed E-state index contributed by atoms with van der Waals surface area (Å²) in [7, 11) is 0. The van der Waals surface area contributed by atoms with Gasteiger partial charge in [0.1, 0.15) is 0 Å². The Kier molecular flexibility index (Phi) is 2.57. The van der Waals surface area contributed by atoms with Gasteiger partial charge in [0.25, 0.3) is 0 Å². The van der Waals surface area contributed by atoms with Crippen molar-refractivity contribution in [3.05, 3.63) is 54.0 Å². The molecule has 3 aromatic rings. The number of pyridine rings is 1. The van der Waals surface area contributed by atoms with Crippen LogP contribution in [0.5, 0.6) is 0 Å². The average molecular weight is 238 g/mol. The van der Waals surface area contributed by atoms with Gasteiger partial charge in [0.2, 0.25) is 0 Å². The van der Waals surface area contributed by atoms with E-state index in [0.717, 1.165) is 28.0 Å². The minimum Gasteiger partial charge on any atom is -0.325 e. The van der Waals surface area contributed by atoms with Gasteiger partial charge in [-0.15, -0.1) is 0 Å². The normalized spacial score (nSPS) is 11.0. The Bertz CT molecular complexity index is 700. The van der Waals surface area contributed by atoms with E-state index in [-0.39, 0.29) is 0 Å². The molecular formula is C14H14N4. The lowest BCUT2D eigenvalue weighted by molar-refractivity contribution is 0.826. The number of fused-ring (bicyclic) bond motifs is 1. The van der Waals surface area contributed by atoms with E-state index in [1.165, 1.54) is 0 Å². The van der Waals surface area contributed by atoms with Gasteiger partial charge in [-0.2, -0.15) is 5.10 Å². The monoisotopic (exact) mass is 238 g/mol. The average Bonchev–Trinajstić information content (AvgIpc) is 2.84. The fourth-order valence-electron chi connectivity index (χ4n) is 2.05. The second kappa shape index (κ2) is 4.23. The van der Waals surface area contributed by atoms with Gasteiger partial charge in [-0.05, 0) is 24.4 Å². The molecule has 0 saturated carbocycles. The number of hydrogen-bond acceptors (Lipinski definition) is 3. The van der Waals surface area contributed by atoms with Crippen molar-refractivity contribution >= 4 is 10.8 Å². The molecule has 0 fully saturated rings. The summed E-state index contributed by atoms with van der Waals surface area (Å²) in [5.74, 6) is 0.835. The van der Waals surface area contributed by atoms with Crippen molar-refractivity contribution in [2.75, 3.05) is 0 Å². The van der Waals surface area contributed by atoms with Crippen LogP contribution in [0.4, 0.5) is 0 Å². The molecule has 3 rings (SSSR count). The van der Waals surface area contributed by atoms with Crippen molar-refractivity contribution in [3.63, 3.8) is 0 Å². The number of aryl methyl sites for hydroxylation is 1. The molecule has 18 heavy (non-hydrogen) atoms. The molecule has 4 nitrogen and oxygen atoms in total. The number of nitrogens with two attached hydrogens (primary N) is 1. The quantitative estimate of drug-likeness (QED) is 0.744. The van der Waals surface area contributed by atoms with E-state index < -0.39 is 0 Å². The highest BCUT2D eigenvalue weighted by atomic mass is 15.3. The summed E-state index contributed by atoms with van der Waals surface area (Å²) in [5.41, 5.74) is 7.54. The molecule has 0 aliphatic heterocycles. The van der Waals surface area contributed by atoms with Gasteiger partial charge in [-0.25, -0.2) is 9.67 Å². The summed E-state index contributed by atoms with van der Waals surface area (Å²) in [6.07, 6.45) is 1.92. The van der Waals surface area contributed by atoms with E-state index >= 15 is 0 Å². The highest BCUT2D eigenvalue weighted by Gasteiger charge is 2.07. The first kappa shape index (κ1) is 10.9. The summed E-state index contributed by atoms with van der Waals surface area (Å²) in [5, 5.41) is 6.64. The molecule has 2 heterocycles. The van der Waals surface area contributed by atoms with Crippen molar-refractivity contribution < 1.29 is 0 Å². The van der Waals surface area contributed by atoms with E-state index in [2.05, 4.69) is 22.2 Å². The van der Waals surface area contributed by atoms with E-state index in [4.69, 9.17) is 5.73 Å². The zero-order chi connectivity index (χ0) is 12.5. The standard InChI is InChI=1S/C14H14N4/c1-10-6-7-18(17-10)14-13-5-3-2-4-11(13)8-12(9-15)16-14/h2-8H,9,15H2,1H3. The zero-order valence-electron chi connectivity index (χ0n) is 10.2. The molecule has 0 saturated heterocycles. The molecule has 2 aromatic heterocycles. The number of benzene rings is 1. The summed E-state index contributed by atoms with van der Waals surface area (Å²) in [4.78, 5) is 4.58. The fraction of sp³-hybridized carbons (Fsp3) is 0.143. The number of rotatable bonds is 2. The van der Waals surface area contributed by atoms with Crippen molar-refractivity contribution in [2.24, 2.45) is 5.73 Å². The van der Waals surface area contributed by atoms with Gasteiger partial charge in [0.05, 0.1) is 11.4 Å². The molecule has 1 aromatic carbocycles. The first-order chi connectivity index (χ1) is 8.78. The maximum atomic E-state index is 5.70. The lowest BCUT2D eigenvalue weighted by Gasteiger charge is -2.08. The third-order valence-corrected chi connectivity index (χ3v) is 2.92. The molecule has 0 bridgehead atoms. The van der Waals surface area contributed by atoms with Crippen LogP contribution in [-0.2, 0) is 6.54 Å². The van der Waals surface area contributed by atoms with Crippen LogP contribution in [0.1, 0.15) is 11.4 Å². The second-order valence-electron chi connectivity index (χ2n) is 4.26. The first-order valence-electron chi connectivity index (χ1n) is 5.89. The summed E-state index contributed by atoms with van der Waals surface area (Å²) < 4.78 is 1.80. The van der Waals surface area contributed by atoms with Gasteiger partial charge in [-0.1, -0.05) is 24.3 Å². The lowest BCUT2D eigenvalue weighted by atomic mass is 10.1. The van der Waals surface area contributed by atoms with Crippen LogP contribution in [0.2, 0.25) is 0 Å². The van der Waals surface area contributed by atoms with Crippen LogP contribution in [-0.4, -0.2) is 14.8 Å². The highest BCUT2D eigenvalue weighted by molar-refractivity contribution is 5.88. The third-order valence-electron chi connectivity index (χ3n) is 2.92. The van der Waals surface area contributed by atoms with Gasteiger partial charge in [-0.3, -0.25) is 0 Å².